The molecule has 0 amide bonds. The Kier molecular flexibility index (Phi) is 3.83. The molecule has 2 rings (SSSR count). The second-order valence-corrected chi connectivity index (χ2v) is 6.46. The summed E-state index contributed by atoms with van der Waals surface area (Å²) in [5.74, 6) is -0.0144. The number of pyridine rings is 1. The normalized spacial score (nSPS) is 24.3. The lowest BCUT2D eigenvalue weighted by atomic mass is 9.67. The van der Waals surface area contributed by atoms with E-state index in [1.165, 1.54) is 0 Å². The van der Waals surface area contributed by atoms with Gasteiger partial charge in [-0.15, -0.1) is 0 Å². The van der Waals surface area contributed by atoms with Gasteiger partial charge < -0.3 is 0 Å². The quantitative estimate of drug-likeness (QED) is 0.604. The Morgan fingerprint density at radius 3 is 2.68 bits per heavy atom. The molecule has 1 fully saturated rings. The molecule has 1 aliphatic carbocycles. The zero-order chi connectivity index (χ0) is 14.0. The Balaban J connectivity index is 2.18. The first kappa shape index (κ1) is 13.9. The Bertz CT molecular complexity index is 473. The molecule has 0 aliphatic heterocycles. The standard InChI is InChI=1S/C16H21NO2/c1-16(2,3)12-6-7-14(18)13(9-12)15(19)11-5-4-8-17-10-11/h4-5,8,10,12-13H,6-7,9H2,1-3H3. The van der Waals surface area contributed by atoms with Crippen LogP contribution < -0.4 is 0 Å². The number of rotatable bonds is 2. The van der Waals surface area contributed by atoms with Crippen LogP contribution in [0.25, 0.3) is 0 Å². The molecule has 102 valence electrons. The molecular weight excluding hydrogens is 238 g/mol. The van der Waals surface area contributed by atoms with E-state index < -0.39 is 5.92 Å². The number of ketones is 2. The van der Waals surface area contributed by atoms with Crippen LogP contribution in [0.1, 0.15) is 50.4 Å². The van der Waals surface area contributed by atoms with Gasteiger partial charge in [-0.25, -0.2) is 0 Å². The molecule has 0 spiro atoms. The van der Waals surface area contributed by atoms with Crippen molar-refractivity contribution in [1.82, 2.24) is 4.98 Å². The van der Waals surface area contributed by atoms with Crippen LogP contribution in [0.3, 0.4) is 0 Å². The van der Waals surface area contributed by atoms with Crippen LogP contribution >= 0.6 is 0 Å². The third kappa shape index (κ3) is 3.09. The van der Waals surface area contributed by atoms with Crippen molar-refractivity contribution in [3.63, 3.8) is 0 Å². The van der Waals surface area contributed by atoms with Gasteiger partial charge in [0.1, 0.15) is 5.78 Å². The molecule has 1 aromatic rings. The smallest absolute Gasteiger partial charge is 0.174 e. The van der Waals surface area contributed by atoms with E-state index in [0.29, 0.717) is 24.3 Å². The van der Waals surface area contributed by atoms with E-state index in [-0.39, 0.29) is 17.0 Å². The maximum atomic E-state index is 12.4. The highest BCUT2D eigenvalue weighted by Crippen LogP contribution is 2.39. The largest absolute Gasteiger partial charge is 0.299 e. The number of carbonyl (C=O) groups is 2. The maximum Gasteiger partial charge on any atom is 0.174 e. The predicted octanol–water partition coefficient (Wildman–Crippen LogP) is 3.30. The molecular formula is C16H21NO2. The first-order chi connectivity index (χ1) is 8.89. The van der Waals surface area contributed by atoms with Crippen molar-refractivity contribution < 1.29 is 9.59 Å². The topological polar surface area (TPSA) is 47.0 Å². The van der Waals surface area contributed by atoms with E-state index >= 15 is 0 Å². The maximum absolute atomic E-state index is 12.4. The first-order valence-electron chi connectivity index (χ1n) is 6.86. The van der Waals surface area contributed by atoms with Gasteiger partial charge in [0.2, 0.25) is 0 Å². The summed E-state index contributed by atoms with van der Waals surface area (Å²) in [6, 6.07) is 3.48. The summed E-state index contributed by atoms with van der Waals surface area (Å²) in [5, 5.41) is 0. The summed E-state index contributed by atoms with van der Waals surface area (Å²) >= 11 is 0. The van der Waals surface area contributed by atoms with Crippen molar-refractivity contribution in [2.75, 3.05) is 0 Å². The number of aromatic nitrogens is 1. The predicted molar refractivity (Wildman–Crippen MR) is 73.9 cm³/mol. The van der Waals surface area contributed by atoms with Gasteiger partial charge in [-0.1, -0.05) is 20.8 Å². The minimum absolute atomic E-state index is 0.0629. The minimum Gasteiger partial charge on any atom is -0.299 e. The van der Waals surface area contributed by atoms with E-state index in [4.69, 9.17) is 0 Å². The number of nitrogens with zero attached hydrogens (tertiary/aromatic N) is 1. The monoisotopic (exact) mass is 259 g/mol. The summed E-state index contributed by atoms with van der Waals surface area (Å²) in [7, 11) is 0. The van der Waals surface area contributed by atoms with Crippen LogP contribution in [-0.4, -0.2) is 16.6 Å². The van der Waals surface area contributed by atoms with E-state index in [1.807, 2.05) is 0 Å². The van der Waals surface area contributed by atoms with Crippen LogP contribution in [-0.2, 0) is 4.79 Å². The number of hydrogen-bond donors (Lipinski definition) is 0. The van der Waals surface area contributed by atoms with Crippen LogP contribution in [0.15, 0.2) is 24.5 Å². The Morgan fingerprint density at radius 2 is 2.11 bits per heavy atom. The van der Waals surface area contributed by atoms with E-state index in [0.717, 1.165) is 6.42 Å². The number of hydrogen-bond acceptors (Lipinski definition) is 3. The molecule has 2 atom stereocenters. The molecule has 1 aliphatic rings. The Labute approximate surface area is 114 Å². The van der Waals surface area contributed by atoms with Crippen molar-refractivity contribution in [2.45, 2.75) is 40.0 Å². The Hall–Kier alpha value is -1.51. The highest BCUT2D eigenvalue weighted by atomic mass is 16.2. The van der Waals surface area contributed by atoms with Gasteiger partial charge in [0.25, 0.3) is 0 Å². The van der Waals surface area contributed by atoms with Gasteiger partial charge in [-0.3, -0.25) is 14.6 Å². The third-order valence-electron chi connectivity index (χ3n) is 4.14. The van der Waals surface area contributed by atoms with E-state index in [2.05, 4.69) is 25.8 Å². The fraction of sp³-hybridized carbons (Fsp3) is 0.562. The molecule has 2 unspecified atom stereocenters. The SMILES string of the molecule is CC(C)(C)C1CCC(=O)C(C(=O)c2cccnc2)C1. The summed E-state index contributed by atoms with van der Waals surface area (Å²) < 4.78 is 0. The van der Waals surface area contributed by atoms with Gasteiger partial charge in [-0.2, -0.15) is 0 Å². The molecule has 3 nitrogen and oxygen atoms in total. The average molecular weight is 259 g/mol. The molecule has 3 heteroatoms. The highest BCUT2D eigenvalue weighted by Gasteiger charge is 2.38. The summed E-state index contributed by atoms with van der Waals surface area (Å²) in [5.41, 5.74) is 0.698. The van der Waals surface area contributed by atoms with Crippen LogP contribution in [0.2, 0.25) is 0 Å². The first-order valence-corrected chi connectivity index (χ1v) is 6.86. The molecule has 19 heavy (non-hydrogen) atoms. The van der Waals surface area contributed by atoms with Crippen molar-refractivity contribution in [1.29, 1.82) is 0 Å². The second-order valence-electron chi connectivity index (χ2n) is 6.46. The van der Waals surface area contributed by atoms with Gasteiger partial charge in [-0.05, 0) is 36.3 Å². The fourth-order valence-corrected chi connectivity index (χ4v) is 2.77. The fourth-order valence-electron chi connectivity index (χ4n) is 2.77. The third-order valence-corrected chi connectivity index (χ3v) is 4.14. The molecule has 0 aromatic carbocycles. The highest BCUT2D eigenvalue weighted by molar-refractivity contribution is 6.10. The van der Waals surface area contributed by atoms with E-state index in [1.54, 1.807) is 24.5 Å². The molecule has 0 radical (unpaired) electrons. The molecule has 0 bridgehead atoms. The minimum atomic E-state index is -0.470. The number of carbonyl (C=O) groups excluding carboxylic acids is 2. The van der Waals surface area contributed by atoms with Gasteiger partial charge in [0.05, 0.1) is 5.92 Å². The van der Waals surface area contributed by atoms with Gasteiger partial charge in [0.15, 0.2) is 5.78 Å². The van der Waals surface area contributed by atoms with Crippen LogP contribution in [0.4, 0.5) is 0 Å². The lowest BCUT2D eigenvalue weighted by molar-refractivity contribution is -0.124. The zero-order valence-electron chi connectivity index (χ0n) is 11.8. The van der Waals surface area contributed by atoms with Gasteiger partial charge in [0, 0.05) is 24.4 Å². The number of Topliss-reactive ketones (excluding diaryl/α,β-unsaturated/α-hetero) is 2. The van der Waals surface area contributed by atoms with Crippen molar-refractivity contribution in [3.05, 3.63) is 30.1 Å². The zero-order valence-corrected chi connectivity index (χ0v) is 11.8. The van der Waals surface area contributed by atoms with Gasteiger partial charge >= 0.3 is 0 Å². The second kappa shape index (κ2) is 5.24. The molecule has 0 N–H and O–H groups in total. The van der Waals surface area contributed by atoms with Crippen molar-refractivity contribution >= 4 is 11.6 Å². The summed E-state index contributed by atoms with van der Waals surface area (Å²) in [6.45, 7) is 6.54. The van der Waals surface area contributed by atoms with Crippen LogP contribution in [0.5, 0.6) is 0 Å². The molecule has 1 saturated carbocycles. The lowest BCUT2D eigenvalue weighted by Gasteiger charge is -2.36. The lowest BCUT2D eigenvalue weighted by Crippen LogP contribution is -2.36. The molecule has 0 saturated heterocycles. The summed E-state index contributed by atoms with van der Waals surface area (Å²) in [6.07, 6.45) is 5.29. The van der Waals surface area contributed by atoms with Crippen LogP contribution in [0, 0.1) is 17.3 Å². The molecule has 1 heterocycles. The van der Waals surface area contributed by atoms with Crippen molar-refractivity contribution in [2.24, 2.45) is 17.3 Å². The van der Waals surface area contributed by atoms with E-state index in [9.17, 15) is 9.59 Å². The summed E-state index contributed by atoms with van der Waals surface area (Å²) in [4.78, 5) is 28.4. The van der Waals surface area contributed by atoms with Crippen molar-refractivity contribution in [3.8, 4) is 0 Å². The molecule has 1 aromatic heterocycles. The average Bonchev–Trinajstić information content (AvgIpc) is 2.38. The Morgan fingerprint density at radius 1 is 1.37 bits per heavy atom.